The lowest BCUT2D eigenvalue weighted by Gasteiger charge is -2.37. The minimum atomic E-state index is -0.462. The second-order valence-corrected chi connectivity index (χ2v) is 4.32. The smallest absolute Gasteiger partial charge is 0.218 e. The lowest BCUT2D eigenvalue weighted by Crippen LogP contribution is -2.49. The molecular formula is C11H17FN4. The molecule has 0 atom stereocenters. The highest BCUT2D eigenvalue weighted by atomic mass is 19.1. The van der Waals surface area contributed by atoms with Gasteiger partial charge in [-0.2, -0.15) is 4.39 Å². The molecule has 2 rings (SSSR count). The van der Waals surface area contributed by atoms with Crippen LogP contribution in [0.15, 0.2) is 12.4 Å². The minimum Gasteiger partial charge on any atom is -0.354 e. The summed E-state index contributed by atoms with van der Waals surface area (Å²) in [6, 6.07) is 1.97. The maximum atomic E-state index is 12.9. The third-order valence-corrected chi connectivity index (χ3v) is 2.99. The predicted molar refractivity (Wildman–Crippen MR) is 60.9 cm³/mol. The Hall–Kier alpha value is -1.23. The number of rotatable bonds is 2. The fraction of sp³-hybridized carbons (Fsp3) is 0.636. The number of hydrogen-bond acceptors (Lipinski definition) is 4. The fourth-order valence-electron chi connectivity index (χ4n) is 1.96. The molecule has 1 aliphatic heterocycles. The number of aromatic nitrogens is 2. The van der Waals surface area contributed by atoms with Crippen LogP contribution in [-0.4, -0.2) is 47.1 Å². The van der Waals surface area contributed by atoms with Crippen LogP contribution in [0.1, 0.15) is 13.8 Å². The minimum absolute atomic E-state index is 0.462. The van der Waals surface area contributed by atoms with Crippen LogP contribution in [0.4, 0.5) is 10.2 Å². The van der Waals surface area contributed by atoms with Gasteiger partial charge in [-0.15, -0.1) is 0 Å². The summed E-state index contributed by atoms with van der Waals surface area (Å²) in [7, 11) is 0. The molecule has 16 heavy (non-hydrogen) atoms. The number of hydrogen-bond donors (Lipinski definition) is 0. The fourth-order valence-corrected chi connectivity index (χ4v) is 1.96. The predicted octanol–water partition coefficient (Wildman–Crippen LogP) is 1.15. The Morgan fingerprint density at radius 1 is 1.19 bits per heavy atom. The molecule has 0 amide bonds. The summed E-state index contributed by atoms with van der Waals surface area (Å²) in [5.74, 6) is 0.229. The van der Waals surface area contributed by atoms with Crippen molar-refractivity contribution >= 4 is 5.82 Å². The third kappa shape index (κ3) is 2.47. The van der Waals surface area contributed by atoms with Crippen molar-refractivity contribution in [3.05, 3.63) is 18.3 Å². The van der Waals surface area contributed by atoms with E-state index in [1.165, 1.54) is 12.4 Å². The van der Waals surface area contributed by atoms with E-state index in [2.05, 4.69) is 33.6 Å². The zero-order valence-corrected chi connectivity index (χ0v) is 9.73. The lowest BCUT2D eigenvalue weighted by molar-refractivity contribution is 0.209. The second kappa shape index (κ2) is 4.74. The van der Waals surface area contributed by atoms with Gasteiger partial charge in [-0.1, -0.05) is 0 Å². The van der Waals surface area contributed by atoms with Crippen molar-refractivity contribution in [2.75, 3.05) is 31.1 Å². The molecule has 0 spiro atoms. The summed E-state index contributed by atoms with van der Waals surface area (Å²) >= 11 is 0. The maximum absolute atomic E-state index is 12.9. The monoisotopic (exact) mass is 224 g/mol. The van der Waals surface area contributed by atoms with E-state index in [0.717, 1.165) is 26.2 Å². The van der Waals surface area contributed by atoms with Crippen molar-refractivity contribution in [1.82, 2.24) is 14.9 Å². The van der Waals surface area contributed by atoms with Gasteiger partial charge >= 0.3 is 0 Å². The van der Waals surface area contributed by atoms with Crippen LogP contribution in [-0.2, 0) is 0 Å². The van der Waals surface area contributed by atoms with Crippen LogP contribution in [0.2, 0.25) is 0 Å². The maximum Gasteiger partial charge on any atom is 0.218 e. The number of nitrogens with zero attached hydrogens (tertiary/aromatic N) is 4. The van der Waals surface area contributed by atoms with E-state index in [1.807, 2.05) is 0 Å². The first-order valence-corrected chi connectivity index (χ1v) is 5.63. The van der Waals surface area contributed by atoms with Gasteiger partial charge in [0.1, 0.15) is 12.1 Å². The Bertz CT molecular complexity index is 348. The molecule has 0 unspecified atom stereocenters. The van der Waals surface area contributed by atoms with Crippen LogP contribution in [0.5, 0.6) is 0 Å². The number of piperazine rings is 1. The normalized spacial score (nSPS) is 18.1. The third-order valence-electron chi connectivity index (χ3n) is 2.99. The molecule has 1 saturated heterocycles. The molecular weight excluding hydrogens is 207 g/mol. The Kier molecular flexibility index (Phi) is 3.33. The summed E-state index contributed by atoms with van der Waals surface area (Å²) in [5.41, 5.74) is 0. The van der Waals surface area contributed by atoms with Crippen molar-refractivity contribution in [3.63, 3.8) is 0 Å². The first-order valence-electron chi connectivity index (χ1n) is 5.63. The highest BCUT2D eigenvalue weighted by Crippen LogP contribution is 2.14. The summed E-state index contributed by atoms with van der Waals surface area (Å²) < 4.78 is 12.9. The molecule has 0 radical (unpaired) electrons. The van der Waals surface area contributed by atoms with Crippen molar-refractivity contribution in [3.8, 4) is 0 Å². The second-order valence-electron chi connectivity index (χ2n) is 4.32. The summed E-state index contributed by atoms with van der Waals surface area (Å²) in [5, 5.41) is 0. The van der Waals surface area contributed by atoms with E-state index >= 15 is 0 Å². The highest BCUT2D eigenvalue weighted by Gasteiger charge is 2.19. The van der Waals surface area contributed by atoms with Gasteiger partial charge in [0.15, 0.2) is 0 Å². The van der Waals surface area contributed by atoms with Crippen molar-refractivity contribution < 1.29 is 4.39 Å². The zero-order valence-electron chi connectivity index (χ0n) is 9.73. The molecule has 1 aromatic rings. The molecule has 0 saturated carbocycles. The zero-order chi connectivity index (χ0) is 11.5. The molecule has 1 fully saturated rings. The van der Waals surface area contributed by atoms with Gasteiger partial charge in [0, 0.05) is 38.3 Å². The molecule has 0 bridgehead atoms. The van der Waals surface area contributed by atoms with Crippen LogP contribution in [0, 0.1) is 5.95 Å². The summed E-state index contributed by atoms with van der Waals surface area (Å²) in [6.45, 7) is 8.19. The van der Waals surface area contributed by atoms with Gasteiger partial charge in [0.25, 0.3) is 0 Å². The molecule has 4 nitrogen and oxygen atoms in total. The standard InChI is InChI=1S/C11H17FN4/c1-9(2)15-3-5-16(6-4-15)11-7-10(12)13-8-14-11/h7-9H,3-6H2,1-2H3. The molecule has 2 heterocycles. The van der Waals surface area contributed by atoms with Crippen LogP contribution >= 0.6 is 0 Å². The van der Waals surface area contributed by atoms with E-state index in [0.29, 0.717) is 11.9 Å². The molecule has 0 aromatic carbocycles. The van der Waals surface area contributed by atoms with Gasteiger partial charge in [-0.3, -0.25) is 4.90 Å². The van der Waals surface area contributed by atoms with Crippen LogP contribution < -0.4 is 4.90 Å². The van der Waals surface area contributed by atoms with E-state index in [9.17, 15) is 4.39 Å². The first-order chi connectivity index (χ1) is 7.66. The lowest BCUT2D eigenvalue weighted by atomic mass is 10.2. The van der Waals surface area contributed by atoms with Gasteiger partial charge < -0.3 is 4.90 Å². The molecule has 0 N–H and O–H groups in total. The van der Waals surface area contributed by atoms with Gasteiger partial charge in [0.2, 0.25) is 5.95 Å². The number of halogens is 1. The molecule has 88 valence electrons. The van der Waals surface area contributed by atoms with E-state index in [-0.39, 0.29) is 0 Å². The Labute approximate surface area is 95.1 Å². The topological polar surface area (TPSA) is 32.3 Å². The molecule has 1 aromatic heterocycles. The van der Waals surface area contributed by atoms with Crippen molar-refractivity contribution in [2.45, 2.75) is 19.9 Å². The van der Waals surface area contributed by atoms with E-state index in [1.54, 1.807) is 0 Å². The first kappa shape index (κ1) is 11.3. The Morgan fingerprint density at radius 2 is 1.88 bits per heavy atom. The van der Waals surface area contributed by atoms with Gasteiger partial charge in [-0.25, -0.2) is 9.97 Å². The van der Waals surface area contributed by atoms with Crippen LogP contribution in [0.25, 0.3) is 0 Å². The summed E-state index contributed by atoms with van der Waals surface area (Å²) in [4.78, 5) is 12.1. The Balaban J connectivity index is 1.99. The number of anilines is 1. The quantitative estimate of drug-likeness (QED) is 0.705. The average Bonchev–Trinajstić information content (AvgIpc) is 2.29. The van der Waals surface area contributed by atoms with Crippen molar-refractivity contribution in [2.24, 2.45) is 0 Å². The molecule has 1 aliphatic rings. The van der Waals surface area contributed by atoms with Crippen molar-refractivity contribution in [1.29, 1.82) is 0 Å². The van der Waals surface area contributed by atoms with E-state index in [4.69, 9.17) is 0 Å². The molecule has 0 aliphatic carbocycles. The average molecular weight is 224 g/mol. The SMILES string of the molecule is CC(C)N1CCN(c2cc(F)ncn2)CC1. The largest absolute Gasteiger partial charge is 0.354 e. The van der Waals surface area contributed by atoms with Gasteiger partial charge in [-0.05, 0) is 13.8 Å². The van der Waals surface area contributed by atoms with Gasteiger partial charge in [0.05, 0.1) is 0 Å². The molecule has 5 heteroatoms. The Morgan fingerprint density at radius 3 is 2.44 bits per heavy atom. The van der Waals surface area contributed by atoms with Crippen LogP contribution in [0.3, 0.4) is 0 Å². The van der Waals surface area contributed by atoms with E-state index < -0.39 is 5.95 Å². The highest BCUT2D eigenvalue weighted by molar-refractivity contribution is 5.37. The summed E-state index contributed by atoms with van der Waals surface area (Å²) in [6.07, 6.45) is 1.28.